The Balaban J connectivity index is 2.50. The van der Waals surface area contributed by atoms with Crippen molar-refractivity contribution in [3.8, 4) is 0 Å². The van der Waals surface area contributed by atoms with Crippen LogP contribution in [0.15, 0.2) is 72.8 Å². The SMILES string of the molecule is FC(F)(F)C=C(OC(=CC(F)(F)F)c1ccccc1)c1ccccc1. The molecule has 2 rings (SSSR count). The highest BCUT2D eigenvalue weighted by Crippen LogP contribution is 2.32. The summed E-state index contributed by atoms with van der Waals surface area (Å²) < 4.78 is 81.8. The molecule has 0 saturated heterocycles. The van der Waals surface area contributed by atoms with Crippen LogP contribution in [-0.4, -0.2) is 12.4 Å². The van der Waals surface area contributed by atoms with E-state index in [9.17, 15) is 26.3 Å². The third kappa shape index (κ3) is 6.37. The average Bonchev–Trinajstić information content (AvgIpc) is 2.53. The summed E-state index contributed by atoms with van der Waals surface area (Å²) in [5.41, 5.74) is 0.00709. The normalized spacial score (nSPS) is 13.7. The molecule has 0 heterocycles. The predicted octanol–water partition coefficient (Wildman–Crippen LogP) is 6.21. The van der Waals surface area contributed by atoms with Crippen LogP contribution in [0.3, 0.4) is 0 Å². The Hall–Kier alpha value is -2.70. The van der Waals surface area contributed by atoms with Crippen LogP contribution in [0.5, 0.6) is 0 Å². The molecule has 0 spiro atoms. The number of rotatable bonds is 4. The van der Waals surface area contributed by atoms with Crippen molar-refractivity contribution in [3.63, 3.8) is 0 Å². The van der Waals surface area contributed by atoms with Gasteiger partial charge in [0.25, 0.3) is 0 Å². The summed E-state index contributed by atoms with van der Waals surface area (Å²) in [7, 11) is 0. The zero-order valence-corrected chi connectivity index (χ0v) is 12.6. The van der Waals surface area contributed by atoms with E-state index in [2.05, 4.69) is 0 Å². The van der Waals surface area contributed by atoms with Crippen LogP contribution in [0.1, 0.15) is 11.1 Å². The first kappa shape index (κ1) is 18.6. The summed E-state index contributed by atoms with van der Waals surface area (Å²) in [5.74, 6) is -1.46. The molecule has 0 amide bonds. The van der Waals surface area contributed by atoms with Gasteiger partial charge in [-0.15, -0.1) is 0 Å². The number of benzene rings is 2. The van der Waals surface area contributed by atoms with Gasteiger partial charge < -0.3 is 4.74 Å². The molecule has 0 aliphatic rings. The molecule has 1 nitrogen and oxygen atoms in total. The maximum atomic E-state index is 12.8. The van der Waals surface area contributed by atoms with Crippen LogP contribution in [0.2, 0.25) is 0 Å². The highest BCUT2D eigenvalue weighted by Gasteiger charge is 2.29. The average molecular weight is 358 g/mol. The number of hydrogen-bond donors (Lipinski definition) is 0. The second-order valence-corrected chi connectivity index (χ2v) is 4.93. The molecule has 0 saturated carbocycles. The van der Waals surface area contributed by atoms with Gasteiger partial charge in [-0.25, -0.2) is 0 Å². The molecular weight excluding hydrogens is 346 g/mol. The van der Waals surface area contributed by atoms with Crippen molar-refractivity contribution in [2.24, 2.45) is 0 Å². The van der Waals surface area contributed by atoms with Crippen molar-refractivity contribution >= 4 is 11.5 Å². The second kappa shape index (κ2) is 7.46. The van der Waals surface area contributed by atoms with Crippen LogP contribution >= 0.6 is 0 Å². The van der Waals surface area contributed by atoms with Crippen LogP contribution < -0.4 is 0 Å². The first-order chi connectivity index (χ1) is 11.6. The molecule has 0 aliphatic carbocycles. The van der Waals surface area contributed by atoms with Crippen molar-refractivity contribution in [2.45, 2.75) is 12.4 Å². The van der Waals surface area contributed by atoms with E-state index in [0.29, 0.717) is 0 Å². The molecule has 25 heavy (non-hydrogen) atoms. The Kier molecular flexibility index (Phi) is 5.56. The van der Waals surface area contributed by atoms with Crippen molar-refractivity contribution in [1.29, 1.82) is 0 Å². The monoisotopic (exact) mass is 358 g/mol. The Morgan fingerprint density at radius 1 is 0.600 bits per heavy atom. The molecule has 0 atom stereocenters. The standard InChI is InChI=1S/C18H12F6O/c19-17(20,21)11-15(13-7-3-1-4-8-13)25-16(12-18(22,23)24)14-9-5-2-6-10-14/h1-12H. The van der Waals surface area contributed by atoms with Crippen molar-refractivity contribution in [1.82, 2.24) is 0 Å². The number of allylic oxidation sites excluding steroid dienone is 2. The molecule has 2 aromatic rings. The summed E-state index contributed by atoms with van der Waals surface area (Å²) >= 11 is 0. The molecule has 0 unspecified atom stereocenters. The summed E-state index contributed by atoms with van der Waals surface area (Å²) in [6.45, 7) is 0. The van der Waals surface area contributed by atoms with Crippen molar-refractivity contribution in [2.75, 3.05) is 0 Å². The van der Waals surface area contributed by atoms with Crippen LogP contribution in [0, 0.1) is 0 Å². The van der Waals surface area contributed by atoms with Gasteiger partial charge in [0.1, 0.15) is 11.5 Å². The van der Waals surface area contributed by atoms with Crippen LogP contribution in [0.25, 0.3) is 11.5 Å². The number of alkyl halides is 6. The van der Waals surface area contributed by atoms with E-state index >= 15 is 0 Å². The van der Waals surface area contributed by atoms with Crippen molar-refractivity contribution < 1.29 is 31.1 Å². The molecular formula is C18H12F6O. The first-order valence-electron chi connectivity index (χ1n) is 7.02. The molecule has 0 aliphatic heterocycles. The van der Waals surface area contributed by atoms with Gasteiger partial charge in [-0.1, -0.05) is 60.7 Å². The van der Waals surface area contributed by atoms with Crippen LogP contribution in [-0.2, 0) is 4.74 Å². The summed E-state index contributed by atoms with van der Waals surface area (Å²) in [6.07, 6.45) is -9.86. The van der Waals surface area contributed by atoms with E-state index in [4.69, 9.17) is 4.74 Å². The number of ether oxygens (including phenoxy) is 1. The third-order valence-electron chi connectivity index (χ3n) is 2.93. The van der Waals surface area contributed by atoms with E-state index in [-0.39, 0.29) is 23.3 Å². The zero-order chi connectivity index (χ0) is 18.5. The Labute approximate surface area is 139 Å². The van der Waals surface area contributed by atoms with Gasteiger partial charge in [-0.05, 0) is 0 Å². The Morgan fingerprint density at radius 2 is 0.920 bits per heavy atom. The van der Waals surface area contributed by atoms with Gasteiger partial charge in [0.05, 0.1) is 12.2 Å². The third-order valence-corrected chi connectivity index (χ3v) is 2.93. The highest BCUT2D eigenvalue weighted by molar-refractivity contribution is 5.70. The highest BCUT2D eigenvalue weighted by atomic mass is 19.4. The van der Waals surface area contributed by atoms with Gasteiger partial charge >= 0.3 is 12.4 Å². The minimum absolute atomic E-state index is 0.00355. The zero-order valence-electron chi connectivity index (χ0n) is 12.6. The fraction of sp³-hybridized carbons (Fsp3) is 0.111. The lowest BCUT2D eigenvalue weighted by molar-refractivity contribution is -0.0803. The molecule has 0 bridgehead atoms. The van der Waals surface area contributed by atoms with E-state index in [1.807, 2.05) is 0 Å². The van der Waals surface area contributed by atoms with Crippen molar-refractivity contribution in [3.05, 3.63) is 83.9 Å². The second-order valence-electron chi connectivity index (χ2n) is 4.93. The predicted molar refractivity (Wildman–Crippen MR) is 82.0 cm³/mol. The number of hydrogen-bond acceptors (Lipinski definition) is 1. The van der Waals surface area contributed by atoms with Crippen LogP contribution in [0.4, 0.5) is 26.3 Å². The van der Waals surface area contributed by atoms with E-state index in [1.54, 1.807) is 12.1 Å². The van der Waals surface area contributed by atoms with Gasteiger partial charge in [-0.3, -0.25) is 0 Å². The largest absolute Gasteiger partial charge is 0.456 e. The van der Waals surface area contributed by atoms with E-state index in [1.165, 1.54) is 48.5 Å². The smallest absolute Gasteiger partial charge is 0.413 e. The lowest BCUT2D eigenvalue weighted by Crippen LogP contribution is -2.08. The van der Waals surface area contributed by atoms with E-state index in [0.717, 1.165) is 0 Å². The summed E-state index contributed by atoms with van der Waals surface area (Å²) in [6, 6.07) is 14.2. The first-order valence-corrected chi connectivity index (χ1v) is 7.02. The minimum Gasteiger partial charge on any atom is -0.456 e. The Bertz CT molecular complexity index is 677. The molecule has 0 aromatic heterocycles. The quantitative estimate of drug-likeness (QED) is 0.466. The fourth-order valence-corrected chi connectivity index (χ4v) is 1.96. The molecule has 2 aromatic carbocycles. The Morgan fingerprint density at radius 3 is 1.20 bits per heavy atom. The molecule has 0 N–H and O–H groups in total. The maximum absolute atomic E-state index is 12.8. The van der Waals surface area contributed by atoms with E-state index < -0.39 is 23.9 Å². The maximum Gasteiger partial charge on any atom is 0.413 e. The lowest BCUT2D eigenvalue weighted by Gasteiger charge is -2.16. The lowest BCUT2D eigenvalue weighted by atomic mass is 10.1. The fourth-order valence-electron chi connectivity index (χ4n) is 1.96. The van der Waals surface area contributed by atoms with Gasteiger partial charge in [-0.2, -0.15) is 26.3 Å². The van der Waals surface area contributed by atoms with Gasteiger partial charge in [0.15, 0.2) is 0 Å². The number of halogens is 6. The van der Waals surface area contributed by atoms with Gasteiger partial charge in [0.2, 0.25) is 0 Å². The minimum atomic E-state index is -4.76. The molecule has 0 fully saturated rings. The summed E-state index contributed by atoms with van der Waals surface area (Å²) in [4.78, 5) is 0. The topological polar surface area (TPSA) is 9.23 Å². The summed E-state index contributed by atoms with van der Waals surface area (Å²) in [5, 5.41) is 0. The molecule has 7 heteroatoms. The van der Waals surface area contributed by atoms with Gasteiger partial charge in [0, 0.05) is 11.1 Å². The molecule has 0 radical (unpaired) electrons. The molecule has 132 valence electrons.